The number of pyridine rings is 1. The second-order valence-corrected chi connectivity index (χ2v) is 4.74. The van der Waals surface area contributed by atoms with Gasteiger partial charge in [0.2, 0.25) is 5.91 Å². The Kier molecular flexibility index (Phi) is 4.14. The van der Waals surface area contributed by atoms with Gasteiger partial charge in [0.15, 0.2) is 5.78 Å². The zero-order valence-corrected chi connectivity index (χ0v) is 11.1. The summed E-state index contributed by atoms with van der Waals surface area (Å²) >= 11 is 0. The third kappa shape index (κ3) is 2.92. The average molecular weight is 262 g/mol. The molecule has 0 spiro atoms. The molecule has 0 saturated heterocycles. The monoisotopic (exact) mass is 262 g/mol. The van der Waals surface area contributed by atoms with Gasteiger partial charge in [0.05, 0.1) is 0 Å². The van der Waals surface area contributed by atoms with Crippen LogP contribution in [0, 0.1) is 0 Å². The van der Waals surface area contributed by atoms with Gasteiger partial charge >= 0.3 is 0 Å². The summed E-state index contributed by atoms with van der Waals surface area (Å²) in [5.74, 6) is 0.0789. The van der Waals surface area contributed by atoms with E-state index in [4.69, 9.17) is 0 Å². The second kappa shape index (κ2) is 5.82. The highest BCUT2D eigenvalue weighted by Gasteiger charge is 2.20. The maximum absolute atomic E-state index is 11.9. The molecule has 0 unspecified atom stereocenters. The highest BCUT2D eigenvalue weighted by atomic mass is 16.1. The number of Topliss-reactive ketones (excluding diaryl/α,β-unsaturated/α-hetero) is 1. The van der Waals surface area contributed by atoms with Gasteiger partial charge in [0, 0.05) is 43.8 Å². The quantitative estimate of drug-likeness (QED) is 0.876. The smallest absolute Gasteiger partial charge is 0.250 e. The molecule has 1 aliphatic rings. The fraction of sp³-hybridized carbons (Fsp3) is 0.500. The number of rotatable bonds is 4. The topological polar surface area (TPSA) is 68.2 Å². The summed E-state index contributed by atoms with van der Waals surface area (Å²) in [7, 11) is 1.59. The molecule has 0 atom stereocenters. The van der Waals surface area contributed by atoms with Crippen molar-refractivity contribution in [1.82, 2.24) is 9.88 Å². The van der Waals surface area contributed by atoms with Crippen molar-refractivity contribution in [3.63, 3.8) is 0 Å². The molecule has 1 N–H and O–H groups in total. The SMILES string of the molecule is CNC(=O)CCCn1c2c(ccc1=O)C(=O)CCC2. The molecule has 1 aromatic heterocycles. The lowest BCUT2D eigenvalue weighted by molar-refractivity contribution is -0.120. The zero-order chi connectivity index (χ0) is 13.8. The lowest BCUT2D eigenvalue weighted by Crippen LogP contribution is -2.28. The Hall–Kier alpha value is -1.91. The first-order valence-corrected chi connectivity index (χ1v) is 6.60. The molecule has 5 nitrogen and oxygen atoms in total. The van der Waals surface area contributed by atoms with E-state index in [-0.39, 0.29) is 17.2 Å². The Bertz CT molecular complexity index is 560. The van der Waals surface area contributed by atoms with Gasteiger partial charge in [-0.15, -0.1) is 0 Å². The number of carbonyl (C=O) groups is 2. The van der Waals surface area contributed by atoms with Gasteiger partial charge in [-0.2, -0.15) is 0 Å². The molecular formula is C14H18N2O3. The Balaban J connectivity index is 2.20. The van der Waals surface area contributed by atoms with Crippen LogP contribution in [0.5, 0.6) is 0 Å². The molecule has 0 radical (unpaired) electrons. The lowest BCUT2D eigenvalue weighted by Gasteiger charge is -2.19. The standard InChI is InChI=1S/C14H18N2O3/c1-15-13(18)6-3-9-16-11-4-2-5-12(17)10(11)7-8-14(16)19/h7-8H,2-6,9H2,1H3,(H,15,18). The van der Waals surface area contributed by atoms with Gasteiger partial charge in [-0.1, -0.05) is 0 Å². The van der Waals surface area contributed by atoms with Crippen LogP contribution in [0.25, 0.3) is 0 Å². The molecule has 0 saturated carbocycles. The van der Waals surface area contributed by atoms with Crippen LogP contribution < -0.4 is 10.9 Å². The van der Waals surface area contributed by atoms with Crippen molar-refractivity contribution in [2.45, 2.75) is 38.6 Å². The molecule has 1 aromatic rings. The highest BCUT2D eigenvalue weighted by molar-refractivity contribution is 5.97. The molecular weight excluding hydrogens is 244 g/mol. The van der Waals surface area contributed by atoms with Crippen molar-refractivity contribution in [2.24, 2.45) is 0 Å². The first-order chi connectivity index (χ1) is 9.13. The van der Waals surface area contributed by atoms with E-state index < -0.39 is 0 Å². The van der Waals surface area contributed by atoms with Gasteiger partial charge in [0.1, 0.15) is 0 Å². The fourth-order valence-corrected chi connectivity index (χ4v) is 2.46. The van der Waals surface area contributed by atoms with Crippen LogP contribution in [-0.2, 0) is 17.8 Å². The maximum atomic E-state index is 11.9. The first-order valence-electron chi connectivity index (χ1n) is 6.60. The van der Waals surface area contributed by atoms with Crippen LogP contribution in [0.2, 0.25) is 0 Å². The van der Waals surface area contributed by atoms with Crippen LogP contribution in [0.15, 0.2) is 16.9 Å². The Labute approximate surface area is 111 Å². The number of nitrogens with one attached hydrogen (secondary N) is 1. The van der Waals surface area contributed by atoms with Crippen molar-refractivity contribution >= 4 is 11.7 Å². The molecule has 0 aliphatic heterocycles. The van der Waals surface area contributed by atoms with Crippen molar-refractivity contribution in [3.8, 4) is 0 Å². The van der Waals surface area contributed by atoms with Gasteiger partial charge in [-0.05, 0) is 25.3 Å². The van der Waals surface area contributed by atoms with E-state index in [2.05, 4.69) is 5.32 Å². The largest absolute Gasteiger partial charge is 0.359 e. The molecule has 0 aromatic carbocycles. The van der Waals surface area contributed by atoms with E-state index in [1.54, 1.807) is 17.7 Å². The highest BCUT2D eigenvalue weighted by Crippen LogP contribution is 2.19. The fourth-order valence-electron chi connectivity index (χ4n) is 2.46. The number of hydrogen-bond donors (Lipinski definition) is 1. The summed E-state index contributed by atoms with van der Waals surface area (Å²) in [5.41, 5.74) is 1.41. The molecule has 102 valence electrons. The van der Waals surface area contributed by atoms with Crippen molar-refractivity contribution in [3.05, 3.63) is 33.7 Å². The van der Waals surface area contributed by atoms with E-state index in [1.807, 2.05) is 0 Å². The molecule has 1 heterocycles. The zero-order valence-electron chi connectivity index (χ0n) is 11.1. The molecule has 5 heteroatoms. The molecule has 19 heavy (non-hydrogen) atoms. The Morgan fingerprint density at radius 2 is 2.11 bits per heavy atom. The minimum absolute atomic E-state index is 0.0334. The molecule has 0 fully saturated rings. The predicted octanol–water partition coefficient (Wildman–Crippen LogP) is 0.893. The van der Waals surface area contributed by atoms with Crippen LogP contribution >= 0.6 is 0 Å². The van der Waals surface area contributed by atoms with E-state index >= 15 is 0 Å². The number of amides is 1. The average Bonchev–Trinajstić information content (AvgIpc) is 2.41. The third-order valence-electron chi connectivity index (χ3n) is 3.48. The summed E-state index contributed by atoms with van der Waals surface area (Å²) in [6, 6.07) is 3.08. The normalized spacial score (nSPS) is 14.1. The minimum atomic E-state index is -0.0923. The number of nitrogens with zero attached hydrogens (tertiary/aromatic N) is 1. The number of aromatic nitrogens is 1. The summed E-state index contributed by atoms with van der Waals surface area (Å²) < 4.78 is 1.65. The maximum Gasteiger partial charge on any atom is 0.250 e. The van der Waals surface area contributed by atoms with E-state index in [0.717, 1.165) is 18.5 Å². The Morgan fingerprint density at radius 1 is 1.32 bits per heavy atom. The van der Waals surface area contributed by atoms with E-state index in [0.29, 0.717) is 31.4 Å². The summed E-state index contributed by atoms with van der Waals surface area (Å²) in [6.07, 6.45) is 3.11. The lowest BCUT2D eigenvalue weighted by atomic mass is 9.94. The van der Waals surface area contributed by atoms with Crippen LogP contribution in [0.4, 0.5) is 0 Å². The van der Waals surface area contributed by atoms with Gasteiger partial charge in [-0.3, -0.25) is 14.4 Å². The van der Waals surface area contributed by atoms with Crippen molar-refractivity contribution in [2.75, 3.05) is 7.05 Å². The summed E-state index contributed by atoms with van der Waals surface area (Å²) in [4.78, 5) is 34.9. The molecule has 2 rings (SSSR count). The molecule has 1 amide bonds. The summed E-state index contributed by atoms with van der Waals surface area (Å²) in [5, 5.41) is 2.55. The summed E-state index contributed by atoms with van der Waals surface area (Å²) in [6.45, 7) is 0.489. The molecule has 0 bridgehead atoms. The minimum Gasteiger partial charge on any atom is -0.359 e. The van der Waals surface area contributed by atoms with Crippen LogP contribution in [0.3, 0.4) is 0 Å². The number of ketones is 1. The number of fused-ring (bicyclic) bond motifs is 1. The van der Waals surface area contributed by atoms with Crippen molar-refractivity contribution < 1.29 is 9.59 Å². The third-order valence-corrected chi connectivity index (χ3v) is 3.48. The van der Waals surface area contributed by atoms with Gasteiger partial charge in [-0.25, -0.2) is 0 Å². The van der Waals surface area contributed by atoms with E-state index in [9.17, 15) is 14.4 Å². The van der Waals surface area contributed by atoms with E-state index in [1.165, 1.54) is 6.07 Å². The first kappa shape index (κ1) is 13.5. The van der Waals surface area contributed by atoms with Gasteiger partial charge in [0.25, 0.3) is 5.56 Å². The van der Waals surface area contributed by atoms with Crippen LogP contribution in [-0.4, -0.2) is 23.3 Å². The van der Waals surface area contributed by atoms with Crippen molar-refractivity contribution in [1.29, 1.82) is 0 Å². The Morgan fingerprint density at radius 3 is 2.84 bits per heavy atom. The van der Waals surface area contributed by atoms with Crippen LogP contribution in [0.1, 0.15) is 41.7 Å². The van der Waals surface area contributed by atoms with Gasteiger partial charge < -0.3 is 9.88 Å². The number of carbonyl (C=O) groups excluding carboxylic acids is 2. The molecule has 1 aliphatic carbocycles. The number of hydrogen-bond acceptors (Lipinski definition) is 3. The second-order valence-electron chi connectivity index (χ2n) is 4.74. The predicted molar refractivity (Wildman–Crippen MR) is 71.3 cm³/mol.